The van der Waals surface area contributed by atoms with Gasteiger partial charge in [0.25, 0.3) is 11.8 Å². The summed E-state index contributed by atoms with van der Waals surface area (Å²) in [6.07, 6.45) is 5.54. The third kappa shape index (κ3) is 11.7. The van der Waals surface area contributed by atoms with E-state index in [1.165, 1.54) is 22.6 Å². The highest BCUT2D eigenvalue weighted by Gasteiger charge is 2.25. The van der Waals surface area contributed by atoms with Crippen LogP contribution in [0.3, 0.4) is 0 Å². The molecule has 2 rings (SSSR count). The van der Waals surface area contributed by atoms with E-state index in [2.05, 4.69) is 29.8 Å². The topological polar surface area (TPSA) is 125 Å². The number of carbonyl (C=O) groups excluding carboxylic acids is 5. The maximum atomic E-state index is 12.6. The highest BCUT2D eigenvalue weighted by atomic mass is 16.2. The summed E-state index contributed by atoms with van der Waals surface area (Å²) in [4.78, 5) is 61.5. The number of hydrogen-bond donors (Lipinski definition) is 3. The van der Waals surface area contributed by atoms with Crippen LogP contribution in [0.25, 0.3) is 0 Å². The standard InChI is InChI=1S/C27H38N4O5.C2H6.3H2/c1-18(2)16-20-9-11-21(12-10-20)29-23(33)17-28-27(36)26(19(3)4)30-22(32)8-6-5-7-15-31-24(34)13-14-25(31)35;1-2;;;/h9-14,18-19,26H,5-8,15-17H2,1-4H3,(H,28,36)(H,29,33)(H,30,32);1-2H3;3*1H/t26-;;;;/m0..../s1. The minimum atomic E-state index is -0.758. The second-order valence-electron chi connectivity index (χ2n) is 9.82. The van der Waals surface area contributed by atoms with Gasteiger partial charge in [0.1, 0.15) is 6.04 Å². The number of carbonyl (C=O) groups is 5. The number of anilines is 1. The van der Waals surface area contributed by atoms with Crippen molar-refractivity contribution in [2.75, 3.05) is 18.4 Å². The van der Waals surface area contributed by atoms with Crippen LogP contribution < -0.4 is 16.0 Å². The van der Waals surface area contributed by atoms with E-state index in [0.29, 0.717) is 37.4 Å². The lowest BCUT2D eigenvalue weighted by Crippen LogP contribution is -2.51. The van der Waals surface area contributed by atoms with Crippen molar-refractivity contribution in [3.05, 3.63) is 42.0 Å². The Bertz CT molecular complexity index is 967. The highest BCUT2D eigenvalue weighted by molar-refractivity contribution is 6.12. The van der Waals surface area contributed by atoms with Crippen LogP contribution in [0.1, 0.15) is 77.1 Å². The number of benzene rings is 1. The predicted octanol–water partition coefficient (Wildman–Crippen LogP) is 4.33. The molecule has 0 spiro atoms. The summed E-state index contributed by atoms with van der Waals surface area (Å²) in [5.41, 5.74) is 1.85. The first-order valence-corrected chi connectivity index (χ1v) is 13.6. The quantitative estimate of drug-likeness (QED) is 0.242. The Morgan fingerprint density at radius 3 is 2.03 bits per heavy atom. The molecule has 0 saturated heterocycles. The number of rotatable bonds is 14. The molecule has 3 N–H and O–H groups in total. The van der Waals surface area contributed by atoms with Gasteiger partial charge in [-0.25, -0.2) is 0 Å². The molecule has 0 fully saturated rings. The Labute approximate surface area is 231 Å². The molecule has 1 atom stereocenters. The molecule has 9 heteroatoms. The van der Waals surface area contributed by atoms with Crippen molar-refractivity contribution in [3.63, 3.8) is 0 Å². The third-order valence-corrected chi connectivity index (χ3v) is 5.76. The van der Waals surface area contributed by atoms with Gasteiger partial charge in [-0.15, -0.1) is 0 Å². The first-order valence-electron chi connectivity index (χ1n) is 13.6. The molecule has 0 unspecified atom stereocenters. The monoisotopic (exact) mass is 534 g/mol. The van der Waals surface area contributed by atoms with Crippen molar-refractivity contribution >= 4 is 35.2 Å². The molecule has 0 bridgehead atoms. The molecule has 1 aliphatic heterocycles. The Morgan fingerprint density at radius 2 is 1.47 bits per heavy atom. The van der Waals surface area contributed by atoms with E-state index in [9.17, 15) is 24.0 Å². The van der Waals surface area contributed by atoms with Gasteiger partial charge in [-0.3, -0.25) is 28.9 Å². The minimum Gasteiger partial charge on any atom is -0.345 e. The fourth-order valence-electron chi connectivity index (χ4n) is 3.84. The van der Waals surface area contributed by atoms with Crippen LogP contribution in [0.15, 0.2) is 36.4 Å². The summed E-state index contributed by atoms with van der Waals surface area (Å²) in [5, 5.41) is 8.11. The molecule has 0 radical (unpaired) electrons. The fourth-order valence-corrected chi connectivity index (χ4v) is 3.84. The van der Waals surface area contributed by atoms with Crippen molar-refractivity contribution in [3.8, 4) is 0 Å². The Hall–Kier alpha value is -3.49. The molecule has 1 aromatic carbocycles. The zero-order valence-corrected chi connectivity index (χ0v) is 23.6. The molecule has 1 heterocycles. The van der Waals surface area contributed by atoms with Gasteiger partial charge in [0.15, 0.2) is 0 Å². The average Bonchev–Trinajstić information content (AvgIpc) is 3.19. The number of unbranched alkanes of at least 4 members (excludes halogenated alkanes) is 2. The summed E-state index contributed by atoms with van der Waals surface area (Å²) >= 11 is 0. The predicted molar refractivity (Wildman–Crippen MR) is 155 cm³/mol. The Kier molecular flexibility index (Phi) is 14.6. The van der Waals surface area contributed by atoms with Crippen LogP contribution in [-0.2, 0) is 30.4 Å². The first kappa shape index (κ1) is 32.5. The fraction of sp³-hybridized carbons (Fsp3) is 0.552. The van der Waals surface area contributed by atoms with Gasteiger partial charge in [0.2, 0.25) is 17.7 Å². The van der Waals surface area contributed by atoms with E-state index >= 15 is 0 Å². The lowest BCUT2D eigenvalue weighted by Gasteiger charge is -2.21. The van der Waals surface area contributed by atoms with Crippen LogP contribution in [0.5, 0.6) is 0 Å². The number of imide groups is 1. The Morgan fingerprint density at radius 1 is 0.868 bits per heavy atom. The van der Waals surface area contributed by atoms with E-state index in [1.54, 1.807) is 0 Å². The van der Waals surface area contributed by atoms with Gasteiger partial charge in [-0.2, -0.15) is 0 Å². The zero-order chi connectivity index (χ0) is 28.7. The maximum absolute atomic E-state index is 12.6. The van der Waals surface area contributed by atoms with Gasteiger partial charge in [0, 0.05) is 35.1 Å². The van der Waals surface area contributed by atoms with Crippen LogP contribution in [0, 0.1) is 11.8 Å². The normalized spacial score (nSPS) is 13.3. The average molecular weight is 535 g/mol. The van der Waals surface area contributed by atoms with Crippen LogP contribution in [-0.4, -0.2) is 53.6 Å². The SMILES string of the molecule is CC.CC(C)Cc1ccc(NC(=O)CNC(=O)[C@@H](NC(=O)CCCCCN2C(=O)C=CC2=O)C(C)C)cc1.[HH].[HH].[HH]. The van der Waals surface area contributed by atoms with Gasteiger partial charge >= 0.3 is 0 Å². The summed E-state index contributed by atoms with van der Waals surface area (Å²) in [6, 6.07) is 6.87. The second kappa shape index (κ2) is 17.1. The smallest absolute Gasteiger partial charge is 0.253 e. The molecule has 9 nitrogen and oxygen atoms in total. The lowest BCUT2D eigenvalue weighted by atomic mass is 10.0. The van der Waals surface area contributed by atoms with E-state index < -0.39 is 11.9 Å². The van der Waals surface area contributed by atoms with Gasteiger partial charge in [0.05, 0.1) is 6.54 Å². The van der Waals surface area contributed by atoms with Gasteiger partial charge in [-0.05, 0) is 48.8 Å². The lowest BCUT2D eigenvalue weighted by molar-refractivity contribution is -0.137. The van der Waals surface area contributed by atoms with Crippen molar-refractivity contribution in [2.45, 2.75) is 79.7 Å². The molecule has 38 heavy (non-hydrogen) atoms. The van der Waals surface area contributed by atoms with Gasteiger partial charge < -0.3 is 16.0 Å². The molecule has 0 aliphatic carbocycles. The summed E-state index contributed by atoms with van der Waals surface area (Å²) < 4.78 is 0. The second-order valence-corrected chi connectivity index (χ2v) is 9.82. The largest absolute Gasteiger partial charge is 0.345 e. The molecule has 5 amide bonds. The summed E-state index contributed by atoms with van der Waals surface area (Å²) in [7, 11) is 0. The van der Waals surface area contributed by atoms with Crippen molar-refractivity contribution < 1.29 is 28.3 Å². The van der Waals surface area contributed by atoms with Crippen LogP contribution in [0.2, 0.25) is 0 Å². The summed E-state index contributed by atoms with van der Waals surface area (Å²) in [6.45, 7) is 12.1. The van der Waals surface area contributed by atoms with Gasteiger partial charge in [-0.1, -0.05) is 60.1 Å². The molecule has 1 aliphatic rings. The number of hydrogen-bond acceptors (Lipinski definition) is 5. The van der Waals surface area contributed by atoms with E-state index in [-0.39, 0.29) is 46.8 Å². The Balaban J connectivity index is -0.00000282. The molecule has 1 aromatic rings. The summed E-state index contributed by atoms with van der Waals surface area (Å²) in [5.74, 6) is -1.26. The van der Waals surface area contributed by atoms with Crippen molar-refractivity contribution in [1.29, 1.82) is 0 Å². The zero-order valence-electron chi connectivity index (χ0n) is 23.6. The van der Waals surface area contributed by atoms with E-state index in [4.69, 9.17) is 0 Å². The maximum Gasteiger partial charge on any atom is 0.253 e. The first-order chi connectivity index (χ1) is 18.1. The molecular formula is C29H50N4O5. The molecule has 0 saturated carbocycles. The number of amides is 5. The van der Waals surface area contributed by atoms with Crippen LogP contribution >= 0.6 is 0 Å². The molecule has 0 aromatic heterocycles. The third-order valence-electron chi connectivity index (χ3n) is 5.76. The van der Waals surface area contributed by atoms with E-state index in [1.807, 2.05) is 52.0 Å². The van der Waals surface area contributed by atoms with Crippen LogP contribution in [0.4, 0.5) is 5.69 Å². The molecular weight excluding hydrogens is 484 g/mol. The van der Waals surface area contributed by atoms with Crippen molar-refractivity contribution in [1.82, 2.24) is 15.5 Å². The minimum absolute atomic E-state index is 0. The molecule has 216 valence electrons. The van der Waals surface area contributed by atoms with E-state index in [0.717, 1.165) is 6.42 Å². The van der Waals surface area contributed by atoms with Crippen molar-refractivity contribution in [2.24, 2.45) is 11.8 Å². The number of nitrogens with one attached hydrogen (secondary N) is 3. The highest BCUT2D eigenvalue weighted by Crippen LogP contribution is 2.13. The number of nitrogens with zero attached hydrogens (tertiary/aromatic N) is 1.